The van der Waals surface area contributed by atoms with Crippen LogP contribution < -0.4 is 4.52 Å². The summed E-state index contributed by atoms with van der Waals surface area (Å²) in [5, 5.41) is 0. The van der Waals surface area contributed by atoms with Gasteiger partial charge < -0.3 is 4.52 Å². The predicted octanol–water partition coefficient (Wildman–Crippen LogP) is 3.19. The monoisotopic (exact) mass is 247 g/mol. The van der Waals surface area contributed by atoms with Crippen LogP contribution in [0.15, 0.2) is 18.2 Å². The quantitative estimate of drug-likeness (QED) is 0.724. The fraction of sp³-hybridized carbons (Fsp3) is 0.400. The van der Waals surface area contributed by atoms with Gasteiger partial charge in [-0.05, 0) is 32.0 Å². The minimum absolute atomic E-state index is 0.151. The van der Waals surface area contributed by atoms with E-state index in [-0.39, 0.29) is 19.0 Å². The second-order valence-electron chi connectivity index (χ2n) is 2.73. The molecule has 0 bridgehead atoms. The lowest BCUT2D eigenvalue weighted by atomic mass is 10.3. The van der Waals surface area contributed by atoms with E-state index in [2.05, 4.69) is 6.07 Å². The van der Waals surface area contributed by atoms with Gasteiger partial charge in [0.2, 0.25) is 0 Å². The first-order valence-electron chi connectivity index (χ1n) is 4.85. The van der Waals surface area contributed by atoms with Crippen molar-refractivity contribution in [3.63, 3.8) is 0 Å². The third-order valence-electron chi connectivity index (χ3n) is 1.56. The van der Waals surface area contributed by atoms with Crippen LogP contribution in [0.5, 0.6) is 5.75 Å². The predicted molar refractivity (Wildman–Crippen MR) is 56.7 cm³/mol. The zero-order valence-corrected chi connectivity index (χ0v) is 10.00. The highest BCUT2D eigenvalue weighted by molar-refractivity contribution is 7.48. The highest BCUT2D eigenvalue weighted by Gasteiger charge is 2.28. The maximum absolute atomic E-state index is 13.2. The van der Waals surface area contributed by atoms with Gasteiger partial charge in [0.25, 0.3) is 0 Å². The van der Waals surface area contributed by atoms with Crippen LogP contribution in [-0.4, -0.2) is 13.2 Å². The summed E-state index contributed by atoms with van der Waals surface area (Å²) < 4.78 is 39.8. The summed E-state index contributed by atoms with van der Waals surface area (Å²) in [6, 6.07) is 6.36. The Morgan fingerprint density at radius 2 is 2.00 bits per heavy atom. The lowest BCUT2D eigenvalue weighted by Gasteiger charge is -2.17. The zero-order valence-electron chi connectivity index (χ0n) is 9.10. The van der Waals surface area contributed by atoms with E-state index >= 15 is 0 Å². The molecule has 0 aliphatic rings. The molecular formula is C10H13FO4P. The topological polar surface area (TPSA) is 44.8 Å². The first-order chi connectivity index (χ1) is 7.61. The molecule has 0 fully saturated rings. The fourth-order valence-electron chi connectivity index (χ4n) is 0.996. The molecule has 0 saturated heterocycles. The maximum atomic E-state index is 13.2. The first-order valence-corrected chi connectivity index (χ1v) is 6.31. The van der Waals surface area contributed by atoms with Crippen LogP contribution in [0.25, 0.3) is 0 Å². The van der Waals surface area contributed by atoms with Crippen LogP contribution in [0, 0.1) is 11.9 Å². The van der Waals surface area contributed by atoms with Crippen LogP contribution in [0.1, 0.15) is 13.8 Å². The molecule has 0 aromatic heterocycles. The normalized spacial score (nSPS) is 11.4. The first kappa shape index (κ1) is 13.2. The molecule has 89 valence electrons. The molecule has 1 radical (unpaired) electrons. The van der Waals surface area contributed by atoms with Crippen molar-refractivity contribution in [3.05, 3.63) is 30.1 Å². The number of phosphoric ester groups is 1. The minimum Gasteiger partial charge on any atom is -0.401 e. The summed E-state index contributed by atoms with van der Waals surface area (Å²) in [6.45, 7) is 3.59. The smallest absolute Gasteiger partial charge is 0.401 e. The van der Waals surface area contributed by atoms with Crippen molar-refractivity contribution in [3.8, 4) is 5.75 Å². The lowest BCUT2D eigenvalue weighted by molar-refractivity contribution is 0.166. The van der Waals surface area contributed by atoms with Crippen LogP contribution in [0.4, 0.5) is 4.39 Å². The Balaban J connectivity index is 2.83. The van der Waals surface area contributed by atoms with Crippen molar-refractivity contribution in [1.82, 2.24) is 0 Å². The maximum Gasteiger partial charge on any atom is 0.530 e. The highest BCUT2D eigenvalue weighted by Crippen LogP contribution is 2.49. The molecule has 0 heterocycles. The molecule has 0 aliphatic heterocycles. The van der Waals surface area contributed by atoms with Crippen molar-refractivity contribution < 1.29 is 22.5 Å². The van der Waals surface area contributed by atoms with Gasteiger partial charge in [-0.25, -0.2) is 8.96 Å². The number of hydrogen-bond acceptors (Lipinski definition) is 4. The third-order valence-corrected chi connectivity index (χ3v) is 3.13. The Hall–Kier alpha value is -0.900. The van der Waals surface area contributed by atoms with Gasteiger partial charge in [-0.3, -0.25) is 9.05 Å². The average Bonchev–Trinajstić information content (AvgIpc) is 2.22. The summed E-state index contributed by atoms with van der Waals surface area (Å²) in [4.78, 5) is 0. The Bertz CT molecular complexity index is 373. The molecule has 0 aliphatic carbocycles. The second kappa shape index (κ2) is 5.99. The summed E-state index contributed by atoms with van der Waals surface area (Å²) in [5.41, 5.74) is 0. The molecule has 0 atom stereocenters. The van der Waals surface area contributed by atoms with E-state index in [9.17, 15) is 8.96 Å². The number of benzene rings is 1. The molecule has 1 aromatic carbocycles. The zero-order chi connectivity index (χ0) is 12.0. The minimum atomic E-state index is -3.72. The SMILES string of the molecule is CCOP(=O)(OCC)Oc1cc[c]cc1F. The van der Waals surface area contributed by atoms with Crippen molar-refractivity contribution in [2.24, 2.45) is 0 Å². The Kier molecular flexibility index (Phi) is 4.93. The van der Waals surface area contributed by atoms with E-state index in [0.29, 0.717) is 0 Å². The van der Waals surface area contributed by atoms with Crippen LogP contribution >= 0.6 is 7.82 Å². The molecule has 0 saturated carbocycles. The molecule has 1 rings (SSSR count). The van der Waals surface area contributed by atoms with Gasteiger partial charge in [0.1, 0.15) is 0 Å². The summed E-state index contributed by atoms with van der Waals surface area (Å²) in [7, 11) is -3.72. The number of hydrogen-bond donors (Lipinski definition) is 0. The standard InChI is InChI=1S/C10H13FO4P/c1-3-13-16(12,14-4-2)15-10-8-6-5-7-9(10)11/h6-8H,3-4H2,1-2H3. The molecule has 4 nitrogen and oxygen atoms in total. The van der Waals surface area contributed by atoms with Gasteiger partial charge in [0, 0.05) is 0 Å². The molecule has 0 unspecified atom stereocenters. The molecule has 0 amide bonds. The summed E-state index contributed by atoms with van der Waals surface area (Å²) in [6.07, 6.45) is 0. The summed E-state index contributed by atoms with van der Waals surface area (Å²) >= 11 is 0. The number of phosphoric acid groups is 1. The number of halogens is 1. The third kappa shape index (κ3) is 3.59. The van der Waals surface area contributed by atoms with Gasteiger partial charge >= 0.3 is 7.82 Å². The Morgan fingerprint density at radius 3 is 2.50 bits per heavy atom. The second-order valence-corrected chi connectivity index (χ2v) is 4.32. The Morgan fingerprint density at radius 1 is 1.38 bits per heavy atom. The van der Waals surface area contributed by atoms with Crippen LogP contribution in [-0.2, 0) is 13.6 Å². The molecular weight excluding hydrogens is 234 g/mol. The average molecular weight is 247 g/mol. The molecule has 6 heteroatoms. The van der Waals surface area contributed by atoms with Crippen molar-refractivity contribution in [1.29, 1.82) is 0 Å². The van der Waals surface area contributed by atoms with Gasteiger partial charge in [-0.2, -0.15) is 0 Å². The van der Waals surface area contributed by atoms with Gasteiger partial charge in [0.05, 0.1) is 13.2 Å². The van der Waals surface area contributed by atoms with E-state index in [1.807, 2.05) is 0 Å². The van der Waals surface area contributed by atoms with Crippen molar-refractivity contribution in [2.75, 3.05) is 13.2 Å². The van der Waals surface area contributed by atoms with Gasteiger partial charge in [-0.15, -0.1) is 0 Å². The summed E-state index contributed by atoms with van der Waals surface area (Å²) in [5.74, 6) is -0.842. The van der Waals surface area contributed by atoms with E-state index in [4.69, 9.17) is 13.6 Å². The van der Waals surface area contributed by atoms with Crippen LogP contribution in [0.3, 0.4) is 0 Å². The van der Waals surface area contributed by atoms with E-state index in [1.54, 1.807) is 13.8 Å². The molecule has 16 heavy (non-hydrogen) atoms. The highest BCUT2D eigenvalue weighted by atomic mass is 31.2. The van der Waals surface area contributed by atoms with E-state index < -0.39 is 13.6 Å². The van der Waals surface area contributed by atoms with Crippen LogP contribution in [0.2, 0.25) is 0 Å². The van der Waals surface area contributed by atoms with Crippen molar-refractivity contribution >= 4 is 7.82 Å². The van der Waals surface area contributed by atoms with E-state index in [1.165, 1.54) is 12.1 Å². The Labute approximate surface area is 93.9 Å². The largest absolute Gasteiger partial charge is 0.530 e. The fourth-order valence-corrected chi connectivity index (χ4v) is 2.20. The van der Waals surface area contributed by atoms with Gasteiger partial charge in [-0.1, -0.05) is 6.07 Å². The number of rotatable bonds is 6. The molecule has 0 N–H and O–H groups in total. The van der Waals surface area contributed by atoms with E-state index in [0.717, 1.165) is 6.07 Å². The lowest BCUT2D eigenvalue weighted by Crippen LogP contribution is -2.03. The van der Waals surface area contributed by atoms with Gasteiger partial charge in [0.15, 0.2) is 11.6 Å². The molecule has 1 aromatic rings. The van der Waals surface area contributed by atoms with Crippen molar-refractivity contribution in [2.45, 2.75) is 13.8 Å². The molecule has 0 spiro atoms.